The summed E-state index contributed by atoms with van der Waals surface area (Å²) < 4.78 is 17.6. The van der Waals surface area contributed by atoms with E-state index in [-0.39, 0.29) is 46.8 Å². The molecule has 0 aliphatic carbocycles. The van der Waals surface area contributed by atoms with Gasteiger partial charge in [0.25, 0.3) is 11.8 Å². The second-order valence-electron chi connectivity index (χ2n) is 8.04. The number of thiazole rings is 1. The number of anilines is 1. The van der Waals surface area contributed by atoms with E-state index in [9.17, 15) is 23.9 Å². The van der Waals surface area contributed by atoms with Gasteiger partial charge in [0.1, 0.15) is 42.7 Å². The molecule has 0 saturated carbocycles. The number of β-lactam (4-membered cyclic amide) rings is 1. The first kappa shape index (κ1) is 24.7. The average Bonchev–Trinajstić information content (AvgIpc) is 3.49. The maximum Gasteiger partial charge on any atom is 0.323 e. The summed E-state index contributed by atoms with van der Waals surface area (Å²) >= 11 is 2.39. The molecule has 1 saturated heterocycles. The Kier molecular flexibility index (Phi) is 6.55. The minimum atomic E-state index is -1.53. The SMILES string of the molecule is CCO/N=C(\C(=O)N[C@@H]1C(=O)N2C(C(=O)[O-])=C(C[n+]3ccn4cccc(F)c43)CS[C@H]12)c1csc(N)n1. The van der Waals surface area contributed by atoms with Gasteiger partial charge in [-0.15, -0.1) is 23.1 Å². The average molecular weight is 546 g/mol. The number of aliphatic carboxylic acids is 1. The molecule has 2 aliphatic heterocycles. The monoisotopic (exact) mass is 545 g/mol. The molecule has 0 bridgehead atoms. The fourth-order valence-corrected chi connectivity index (χ4v) is 6.07. The topological polar surface area (TPSA) is 158 Å². The van der Waals surface area contributed by atoms with E-state index in [2.05, 4.69) is 15.5 Å². The number of pyridine rings is 1. The highest BCUT2D eigenvalue weighted by Crippen LogP contribution is 2.40. The van der Waals surface area contributed by atoms with Gasteiger partial charge in [-0.3, -0.25) is 14.5 Å². The summed E-state index contributed by atoms with van der Waals surface area (Å²) in [5.41, 5.74) is 6.06. The van der Waals surface area contributed by atoms with Gasteiger partial charge in [0.15, 0.2) is 10.8 Å². The van der Waals surface area contributed by atoms with Gasteiger partial charge in [0.2, 0.25) is 5.82 Å². The van der Waals surface area contributed by atoms with Crippen molar-refractivity contribution in [1.82, 2.24) is 19.6 Å². The third-order valence-corrected chi connectivity index (χ3v) is 7.79. The number of hydrogen-bond donors (Lipinski definition) is 2. The number of halogens is 1. The number of carboxylic acids is 1. The Morgan fingerprint density at radius 3 is 2.95 bits per heavy atom. The Labute approximate surface area is 217 Å². The van der Waals surface area contributed by atoms with Crippen molar-refractivity contribution in [3.8, 4) is 0 Å². The van der Waals surface area contributed by atoms with Gasteiger partial charge in [0.05, 0.1) is 17.9 Å². The van der Waals surface area contributed by atoms with Crippen LogP contribution in [-0.4, -0.2) is 61.6 Å². The minimum Gasteiger partial charge on any atom is -0.543 e. The molecule has 15 heteroatoms. The number of oxime groups is 1. The molecule has 0 radical (unpaired) electrons. The van der Waals surface area contributed by atoms with Crippen LogP contribution in [0.5, 0.6) is 0 Å². The number of carbonyl (C=O) groups excluding carboxylic acids is 3. The lowest BCUT2D eigenvalue weighted by Gasteiger charge is -2.50. The number of hydrogen-bond acceptors (Lipinski definition) is 10. The molecule has 2 atom stereocenters. The number of carboxylic acid groups (broad SMARTS) is 1. The quantitative estimate of drug-likeness (QED) is 0.162. The zero-order valence-electron chi connectivity index (χ0n) is 19.3. The highest BCUT2D eigenvalue weighted by molar-refractivity contribution is 8.00. The Balaban J connectivity index is 1.38. The van der Waals surface area contributed by atoms with E-state index in [1.165, 1.54) is 23.2 Å². The Bertz CT molecular complexity index is 1480. The number of imidazole rings is 1. The molecule has 0 aromatic carbocycles. The molecule has 12 nitrogen and oxygen atoms in total. The number of thioether (sulfide) groups is 1. The molecule has 5 heterocycles. The zero-order chi connectivity index (χ0) is 26.3. The van der Waals surface area contributed by atoms with Crippen molar-refractivity contribution in [1.29, 1.82) is 0 Å². The molecule has 3 aromatic heterocycles. The Morgan fingerprint density at radius 2 is 2.24 bits per heavy atom. The van der Waals surface area contributed by atoms with E-state index >= 15 is 0 Å². The summed E-state index contributed by atoms with van der Waals surface area (Å²) in [6.45, 7) is 1.93. The normalized spacial score (nSPS) is 19.6. The molecule has 3 N–H and O–H groups in total. The summed E-state index contributed by atoms with van der Waals surface area (Å²) in [7, 11) is 0. The van der Waals surface area contributed by atoms with Gasteiger partial charge in [-0.1, -0.05) is 5.16 Å². The Morgan fingerprint density at radius 1 is 1.43 bits per heavy atom. The predicted octanol–water partition coefficient (Wildman–Crippen LogP) is -0.751. The third kappa shape index (κ3) is 4.40. The first-order valence-electron chi connectivity index (χ1n) is 11.0. The largest absolute Gasteiger partial charge is 0.543 e. The van der Waals surface area contributed by atoms with Crippen LogP contribution in [0.15, 0.2) is 52.5 Å². The van der Waals surface area contributed by atoms with Gasteiger partial charge < -0.3 is 25.8 Å². The van der Waals surface area contributed by atoms with Gasteiger partial charge in [-0.25, -0.2) is 14.0 Å². The van der Waals surface area contributed by atoms with Gasteiger partial charge >= 0.3 is 5.65 Å². The number of amides is 2. The van der Waals surface area contributed by atoms with E-state index in [4.69, 9.17) is 10.6 Å². The maximum atomic E-state index is 14.4. The van der Waals surface area contributed by atoms with Crippen molar-refractivity contribution in [2.45, 2.75) is 24.9 Å². The summed E-state index contributed by atoms with van der Waals surface area (Å²) in [5.74, 6) is -3.11. The molecule has 1 fully saturated rings. The van der Waals surface area contributed by atoms with Crippen molar-refractivity contribution in [3.05, 3.63) is 58.9 Å². The van der Waals surface area contributed by atoms with Gasteiger partial charge in [-0.2, -0.15) is 4.39 Å². The Hall–Kier alpha value is -3.98. The molecule has 192 valence electrons. The highest BCUT2D eigenvalue weighted by atomic mass is 32.2. The number of nitrogens with zero attached hydrogens (tertiary/aromatic N) is 5. The lowest BCUT2D eigenvalue weighted by Crippen LogP contribution is -2.71. The van der Waals surface area contributed by atoms with E-state index in [1.54, 1.807) is 40.5 Å². The zero-order valence-corrected chi connectivity index (χ0v) is 20.9. The smallest absolute Gasteiger partial charge is 0.323 e. The number of fused-ring (bicyclic) bond motifs is 2. The summed E-state index contributed by atoms with van der Waals surface area (Å²) in [4.78, 5) is 48.3. The van der Waals surface area contributed by atoms with Crippen molar-refractivity contribution in [3.63, 3.8) is 0 Å². The molecule has 0 unspecified atom stereocenters. The van der Waals surface area contributed by atoms with Gasteiger partial charge in [-0.05, 0) is 19.1 Å². The number of carbonyl (C=O) groups is 3. The summed E-state index contributed by atoms with van der Waals surface area (Å²) in [6, 6.07) is 1.86. The van der Waals surface area contributed by atoms with Crippen LogP contribution in [0.4, 0.5) is 9.52 Å². The minimum absolute atomic E-state index is 0.0394. The maximum absolute atomic E-state index is 14.4. The van der Waals surface area contributed by atoms with E-state index in [0.29, 0.717) is 5.57 Å². The molecule has 37 heavy (non-hydrogen) atoms. The second-order valence-corrected chi connectivity index (χ2v) is 10.0. The molecule has 5 rings (SSSR count). The second kappa shape index (κ2) is 9.82. The molecule has 2 amide bonds. The van der Waals surface area contributed by atoms with E-state index < -0.39 is 35.0 Å². The molecular weight excluding hydrogens is 525 g/mol. The lowest BCUT2D eigenvalue weighted by atomic mass is 10.0. The lowest BCUT2D eigenvalue weighted by molar-refractivity contribution is -0.663. The van der Waals surface area contributed by atoms with Crippen LogP contribution in [0.2, 0.25) is 0 Å². The summed E-state index contributed by atoms with van der Waals surface area (Å²) in [5, 5.41) is 19.6. The van der Waals surface area contributed by atoms with Crippen molar-refractivity contribution >= 4 is 57.4 Å². The van der Waals surface area contributed by atoms with Crippen molar-refractivity contribution in [2.24, 2.45) is 5.16 Å². The molecule has 0 spiro atoms. The number of rotatable bonds is 8. The predicted molar refractivity (Wildman–Crippen MR) is 129 cm³/mol. The molecule has 2 aliphatic rings. The van der Waals surface area contributed by atoms with Crippen molar-refractivity contribution in [2.75, 3.05) is 18.1 Å². The van der Waals surface area contributed by atoms with Gasteiger partial charge in [0, 0.05) is 16.7 Å². The van der Waals surface area contributed by atoms with Crippen LogP contribution in [0, 0.1) is 5.82 Å². The number of nitrogens with two attached hydrogens (primary N) is 1. The first-order valence-corrected chi connectivity index (χ1v) is 13.0. The summed E-state index contributed by atoms with van der Waals surface area (Å²) in [6.07, 6.45) is 4.94. The first-order chi connectivity index (χ1) is 17.8. The van der Waals surface area contributed by atoms with Crippen LogP contribution >= 0.6 is 23.1 Å². The molecule has 3 aromatic rings. The number of nitrogen functional groups attached to an aromatic ring is 1. The third-order valence-electron chi connectivity index (χ3n) is 5.78. The fourth-order valence-electron chi connectivity index (χ4n) is 4.18. The van der Waals surface area contributed by atoms with Crippen LogP contribution in [-0.2, 0) is 25.8 Å². The fraction of sp³-hybridized carbons (Fsp3) is 0.273. The van der Waals surface area contributed by atoms with Crippen molar-refractivity contribution < 1.29 is 33.3 Å². The van der Waals surface area contributed by atoms with E-state index in [0.717, 1.165) is 16.2 Å². The number of nitrogens with one attached hydrogen (secondary N) is 1. The molecular formula is C22H20FN7O5S2. The van der Waals surface area contributed by atoms with Crippen LogP contribution in [0.3, 0.4) is 0 Å². The van der Waals surface area contributed by atoms with E-state index in [1.807, 2.05) is 0 Å². The standard InChI is InChI=1S/C22H20FN7O5S2/c1-2-35-27-14(13-10-37-22(24)25-13)17(31)26-15-19(32)30-16(21(33)34)11(9-36-20(15)30)8-29-7-6-28-5-3-4-12(23)18(28)29/h3-7,10,15,20H,2,8-9H2,1H3,(H3-,24,25,26,31,33,34)/b27-14-/t15-,20-/m1/s1. The van der Waals surface area contributed by atoms with Crippen LogP contribution in [0.25, 0.3) is 5.65 Å². The highest BCUT2D eigenvalue weighted by Gasteiger charge is 2.53. The number of aromatic nitrogens is 3. The van der Waals surface area contributed by atoms with Crippen LogP contribution < -0.4 is 20.7 Å². The van der Waals surface area contributed by atoms with Crippen LogP contribution in [0.1, 0.15) is 12.6 Å².